The fraction of sp³-hybridized carbons (Fsp3) is 0.400. The molecule has 70 valence electrons. The molecule has 0 aromatic carbocycles. The van der Waals surface area contributed by atoms with Gasteiger partial charge in [-0.25, -0.2) is 0 Å². The van der Waals surface area contributed by atoms with Gasteiger partial charge in [0.1, 0.15) is 0 Å². The molecule has 1 aromatic heterocycles. The van der Waals surface area contributed by atoms with Gasteiger partial charge in [0.15, 0.2) is 11.6 Å². The number of carbonyl (C=O) groups excluding carboxylic acids is 2. The van der Waals surface area contributed by atoms with Crippen molar-refractivity contribution in [2.45, 2.75) is 20.8 Å². The number of aryl methyl sites for hydroxylation is 1. The Bertz CT molecular complexity index is 375. The van der Waals surface area contributed by atoms with Crippen molar-refractivity contribution in [2.75, 3.05) is 0 Å². The molecular weight excluding hydrogens is 166 g/mol. The van der Waals surface area contributed by atoms with Crippen molar-refractivity contribution in [3.8, 4) is 0 Å². The predicted molar refractivity (Wildman–Crippen MR) is 50.2 cm³/mol. The maximum Gasteiger partial charge on any atom is 0.176 e. The van der Waals surface area contributed by atoms with Gasteiger partial charge in [-0.2, -0.15) is 0 Å². The van der Waals surface area contributed by atoms with E-state index in [0.29, 0.717) is 11.3 Å². The quantitative estimate of drug-likeness (QED) is 0.648. The molecule has 0 unspecified atom stereocenters. The van der Waals surface area contributed by atoms with Gasteiger partial charge in [0.2, 0.25) is 0 Å². The lowest BCUT2D eigenvalue weighted by atomic mass is 10.1. The molecule has 0 aliphatic carbocycles. The number of nitrogens with zero attached hydrogens (tertiary/aromatic N) is 1. The Labute approximate surface area is 77.4 Å². The maximum atomic E-state index is 11.2. The maximum absolute atomic E-state index is 11.2. The Morgan fingerprint density at radius 2 is 1.77 bits per heavy atom. The van der Waals surface area contributed by atoms with Gasteiger partial charge in [0.05, 0.1) is 5.69 Å². The summed E-state index contributed by atoms with van der Waals surface area (Å²) >= 11 is 0. The lowest BCUT2D eigenvalue weighted by Crippen LogP contribution is -2.02. The van der Waals surface area contributed by atoms with Gasteiger partial charge in [0.25, 0.3) is 0 Å². The van der Waals surface area contributed by atoms with E-state index >= 15 is 0 Å². The molecule has 0 amide bonds. The molecule has 13 heavy (non-hydrogen) atoms. The summed E-state index contributed by atoms with van der Waals surface area (Å²) in [6, 6.07) is 0. The van der Waals surface area contributed by atoms with Crippen molar-refractivity contribution in [3.05, 3.63) is 23.0 Å². The van der Waals surface area contributed by atoms with E-state index in [-0.39, 0.29) is 11.6 Å². The van der Waals surface area contributed by atoms with Crippen molar-refractivity contribution in [1.29, 1.82) is 0 Å². The minimum absolute atomic E-state index is 0.000556. The van der Waals surface area contributed by atoms with Crippen molar-refractivity contribution >= 4 is 11.6 Å². The lowest BCUT2D eigenvalue weighted by molar-refractivity contribution is 0.100. The van der Waals surface area contributed by atoms with Crippen LogP contribution in [0.4, 0.5) is 0 Å². The average molecular weight is 179 g/mol. The van der Waals surface area contributed by atoms with Crippen molar-refractivity contribution in [3.63, 3.8) is 0 Å². The standard InChI is InChI=1S/C10H13NO2/c1-6-9(7(2)12)5-11(4)10(6)8(3)13/h5H,1-4H3. The van der Waals surface area contributed by atoms with Crippen LogP contribution in [0.3, 0.4) is 0 Å². The number of aromatic nitrogens is 1. The molecule has 0 aliphatic heterocycles. The summed E-state index contributed by atoms with van der Waals surface area (Å²) in [4.78, 5) is 22.3. The summed E-state index contributed by atoms with van der Waals surface area (Å²) in [7, 11) is 1.77. The molecule has 0 atom stereocenters. The Hall–Kier alpha value is -1.38. The second-order valence-electron chi connectivity index (χ2n) is 3.24. The van der Waals surface area contributed by atoms with Crippen LogP contribution < -0.4 is 0 Å². The number of Topliss-reactive ketones (excluding diaryl/α,β-unsaturated/α-hetero) is 2. The van der Waals surface area contributed by atoms with Crippen LogP contribution in [-0.2, 0) is 7.05 Å². The van der Waals surface area contributed by atoms with E-state index in [4.69, 9.17) is 0 Å². The normalized spacial score (nSPS) is 10.2. The lowest BCUT2D eigenvalue weighted by Gasteiger charge is -1.98. The first kappa shape index (κ1) is 9.71. The van der Waals surface area contributed by atoms with Crippen LogP contribution in [0.5, 0.6) is 0 Å². The zero-order valence-corrected chi connectivity index (χ0v) is 8.34. The molecule has 0 saturated heterocycles. The first-order valence-electron chi connectivity index (χ1n) is 4.13. The monoisotopic (exact) mass is 179 g/mol. The highest BCUT2D eigenvalue weighted by Gasteiger charge is 2.15. The molecule has 3 heteroatoms. The van der Waals surface area contributed by atoms with Gasteiger partial charge < -0.3 is 4.57 Å². The largest absolute Gasteiger partial charge is 0.347 e. The van der Waals surface area contributed by atoms with E-state index in [9.17, 15) is 9.59 Å². The van der Waals surface area contributed by atoms with Crippen LogP contribution in [0.2, 0.25) is 0 Å². The number of hydrogen-bond acceptors (Lipinski definition) is 2. The van der Waals surface area contributed by atoms with E-state index in [0.717, 1.165) is 5.56 Å². The molecular formula is C10H13NO2. The fourth-order valence-electron chi connectivity index (χ4n) is 1.61. The molecule has 0 saturated carbocycles. The predicted octanol–water partition coefficient (Wildman–Crippen LogP) is 1.74. The van der Waals surface area contributed by atoms with E-state index in [1.807, 2.05) is 0 Å². The highest BCUT2D eigenvalue weighted by Crippen LogP contribution is 2.16. The molecule has 1 heterocycles. The Morgan fingerprint density at radius 3 is 2.00 bits per heavy atom. The van der Waals surface area contributed by atoms with E-state index in [1.165, 1.54) is 13.8 Å². The van der Waals surface area contributed by atoms with E-state index in [2.05, 4.69) is 0 Å². The van der Waals surface area contributed by atoms with Crippen LogP contribution in [-0.4, -0.2) is 16.1 Å². The molecule has 0 fully saturated rings. The third kappa shape index (κ3) is 1.54. The summed E-state index contributed by atoms with van der Waals surface area (Å²) < 4.78 is 1.70. The van der Waals surface area contributed by atoms with Crippen LogP contribution in [0.15, 0.2) is 6.20 Å². The van der Waals surface area contributed by atoms with Crippen LogP contribution in [0.25, 0.3) is 0 Å². The molecule has 1 rings (SSSR count). The zero-order chi connectivity index (χ0) is 10.2. The van der Waals surface area contributed by atoms with Gasteiger partial charge >= 0.3 is 0 Å². The zero-order valence-electron chi connectivity index (χ0n) is 8.34. The van der Waals surface area contributed by atoms with E-state index < -0.39 is 0 Å². The highest BCUT2D eigenvalue weighted by atomic mass is 16.1. The summed E-state index contributed by atoms with van der Waals surface area (Å²) in [5.74, 6) is -0.00639. The molecule has 0 aliphatic rings. The third-order valence-corrected chi connectivity index (χ3v) is 2.15. The molecule has 0 spiro atoms. The van der Waals surface area contributed by atoms with Gasteiger partial charge in [-0.05, 0) is 19.4 Å². The van der Waals surface area contributed by atoms with E-state index in [1.54, 1.807) is 24.7 Å². The summed E-state index contributed by atoms with van der Waals surface area (Å²) in [5.41, 5.74) is 2.03. The van der Waals surface area contributed by atoms with Crippen molar-refractivity contribution in [1.82, 2.24) is 4.57 Å². The molecule has 0 N–H and O–H groups in total. The second kappa shape index (κ2) is 3.17. The van der Waals surface area contributed by atoms with Gasteiger partial charge in [-0.15, -0.1) is 0 Å². The van der Waals surface area contributed by atoms with Crippen LogP contribution in [0.1, 0.15) is 40.3 Å². The second-order valence-corrected chi connectivity index (χ2v) is 3.24. The molecule has 0 radical (unpaired) electrons. The van der Waals surface area contributed by atoms with Crippen molar-refractivity contribution in [2.24, 2.45) is 7.05 Å². The van der Waals surface area contributed by atoms with Gasteiger partial charge in [-0.1, -0.05) is 0 Å². The number of ketones is 2. The average Bonchev–Trinajstić information content (AvgIpc) is 2.26. The SMILES string of the molecule is CC(=O)c1cn(C)c(C(C)=O)c1C. The highest BCUT2D eigenvalue weighted by molar-refractivity contribution is 6.01. The minimum Gasteiger partial charge on any atom is -0.347 e. The topological polar surface area (TPSA) is 39.1 Å². The number of rotatable bonds is 2. The van der Waals surface area contributed by atoms with Crippen LogP contribution >= 0.6 is 0 Å². The van der Waals surface area contributed by atoms with Gasteiger partial charge in [0, 0.05) is 25.7 Å². The fourth-order valence-corrected chi connectivity index (χ4v) is 1.61. The molecule has 3 nitrogen and oxygen atoms in total. The smallest absolute Gasteiger partial charge is 0.176 e. The van der Waals surface area contributed by atoms with Gasteiger partial charge in [-0.3, -0.25) is 9.59 Å². The third-order valence-electron chi connectivity index (χ3n) is 2.15. The number of carbonyl (C=O) groups is 2. The Kier molecular flexibility index (Phi) is 2.36. The first-order chi connectivity index (χ1) is 5.95. The molecule has 0 bridgehead atoms. The number of hydrogen-bond donors (Lipinski definition) is 0. The van der Waals surface area contributed by atoms with Crippen molar-refractivity contribution < 1.29 is 9.59 Å². The summed E-state index contributed by atoms with van der Waals surface area (Å²) in [6.07, 6.45) is 1.70. The Morgan fingerprint density at radius 1 is 1.23 bits per heavy atom. The first-order valence-corrected chi connectivity index (χ1v) is 4.13. The Balaban J connectivity index is 3.39. The van der Waals surface area contributed by atoms with Crippen LogP contribution in [0, 0.1) is 6.92 Å². The summed E-state index contributed by atoms with van der Waals surface area (Å²) in [6.45, 7) is 4.81. The summed E-state index contributed by atoms with van der Waals surface area (Å²) in [5, 5.41) is 0. The minimum atomic E-state index is -0.00694. The molecule has 1 aromatic rings.